The van der Waals surface area contributed by atoms with E-state index in [-0.39, 0.29) is 17.8 Å². The Hall–Kier alpha value is -2.93. The van der Waals surface area contributed by atoms with Gasteiger partial charge in [0.15, 0.2) is 5.69 Å². The molecule has 6 nitrogen and oxygen atoms in total. The summed E-state index contributed by atoms with van der Waals surface area (Å²) in [4.78, 5) is 31.4. The highest BCUT2D eigenvalue weighted by atomic mass is 32.1. The average molecular weight is 424 g/mol. The summed E-state index contributed by atoms with van der Waals surface area (Å²) >= 11 is 1.38. The zero-order valence-corrected chi connectivity index (χ0v) is 17.8. The van der Waals surface area contributed by atoms with Gasteiger partial charge in [0.2, 0.25) is 0 Å². The van der Waals surface area contributed by atoms with Gasteiger partial charge in [0.1, 0.15) is 5.01 Å². The van der Waals surface area contributed by atoms with Crippen molar-refractivity contribution in [2.45, 2.75) is 44.7 Å². The van der Waals surface area contributed by atoms with Crippen LogP contribution in [-0.4, -0.2) is 35.0 Å². The van der Waals surface area contributed by atoms with Gasteiger partial charge in [-0.05, 0) is 24.3 Å². The fourth-order valence-corrected chi connectivity index (χ4v) is 4.77. The number of urea groups is 1. The van der Waals surface area contributed by atoms with Crippen LogP contribution in [0.3, 0.4) is 0 Å². The Morgan fingerprint density at radius 1 is 1.13 bits per heavy atom. The van der Waals surface area contributed by atoms with E-state index in [2.05, 4.69) is 10.3 Å². The number of fused-ring (bicyclic) bond motifs is 1. The molecule has 3 aromatic rings. The van der Waals surface area contributed by atoms with Gasteiger partial charge >= 0.3 is 12.0 Å². The molecule has 1 heterocycles. The Morgan fingerprint density at radius 2 is 1.90 bits per heavy atom. The molecule has 30 heavy (non-hydrogen) atoms. The van der Waals surface area contributed by atoms with Crippen molar-refractivity contribution in [2.24, 2.45) is 0 Å². The number of hydrogen-bond donors (Lipinski definition) is 1. The number of nitrogens with one attached hydrogen (secondary N) is 1. The molecule has 2 aromatic carbocycles. The highest BCUT2D eigenvalue weighted by Gasteiger charge is 2.27. The number of benzene rings is 2. The molecule has 1 fully saturated rings. The third kappa shape index (κ3) is 4.46. The number of carbonyl (C=O) groups excluding carboxylic acids is 2. The number of amides is 2. The van der Waals surface area contributed by atoms with Crippen molar-refractivity contribution in [2.75, 3.05) is 12.4 Å². The van der Waals surface area contributed by atoms with Crippen molar-refractivity contribution in [1.82, 2.24) is 9.88 Å². The predicted octanol–water partition coefficient (Wildman–Crippen LogP) is 5.45. The van der Waals surface area contributed by atoms with Gasteiger partial charge in [0, 0.05) is 16.8 Å². The first-order chi connectivity index (χ1) is 14.7. The smallest absolute Gasteiger partial charge is 0.357 e. The zero-order chi connectivity index (χ0) is 20.9. The Bertz CT molecular complexity index is 1040. The van der Waals surface area contributed by atoms with Crippen molar-refractivity contribution in [3.8, 4) is 0 Å². The molecule has 0 saturated heterocycles. The van der Waals surface area contributed by atoms with Crippen molar-refractivity contribution in [1.29, 1.82) is 0 Å². The standard InChI is InChI=1S/C23H25N3O3S/c1-29-22(27)20-15-30-21(24-20)14-26(17-10-3-2-4-11-17)23(28)25-19-13-7-9-16-8-5-6-12-18(16)19/h5-9,12-13,15,17H,2-4,10-11,14H2,1H3,(H,25,28). The number of esters is 1. The maximum absolute atomic E-state index is 13.4. The van der Waals surface area contributed by atoms with Crippen LogP contribution in [0.4, 0.5) is 10.5 Å². The third-order valence-electron chi connectivity index (χ3n) is 5.56. The number of anilines is 1. The second-order valence-corrected chi connectivity index (χ2v) is 8.44. The Labute approximate surface area is 179 Å². The molecule has 4 rings (SSSR count). The number of ether oxygens (including phenoxy) is 1. The van der Waals surface area contributed by atoms with E-state index in [1.807, 2.05) is 47.4 Å². The number of hydrogen-bond acceptors (Lipinski definition) is 5. The van der Waals surface area contributed by atoms with E-state index in [1.165, 1.54) is 24.9 Å². The first-order valence-electron chi connectivity index (χ1n) is 10.2. The monoisotopic (exact) mass is 423 g/mol. The Balaban J connectivity index is 1.57. The van der Waals surface area contributed by atoms with Gasteiger partial charge in [-0.2, -0.15) is 0 Å². The molecule has 2 amide bonds. The number of aromatic nitrogens is 1. The quantitative estimate of drug-likeness (QED) is 0.554. The minimum Gasteiger partial charge on any atom is -0.464 e. The normalized spacial score (nSPS) is 14.4. The van der Waals surface area contributed by atoms with Crippen LogP contribution in [0.5, 0.6) is 0 Å². The van der Waals surface area contributed by atoms with E-state index in [9.17, 15) is 9.59 Å². The molecular formula is C23H25N3O3S. The number of nitrogens with zero attached hydrogens (tertiary/aromatic N) is 2. The van der Waals surface area contributed by atoms with E-state index in [4.69, 9.17) is 4.74 Å². The molecule has 0 unspecified atom stereocenters. The van der Waals surface area contributed by atoms with Crippen LogP contribution in [-0.2, 0) is 11.3 Å². The summed E-state index contributed by atoms with van der Waals surface area (Å²) in [7, 11) is 1.34. The fourth-order valence-electron chi connectivity index (χ4n) is 4.01. The van der Waals surface area contributed by atoms with Crippen molar-refractivity contribution in [3.63, 3.8) is 0 Å². The van der Waals surface area contributed by atoms with Gasteiger partial charge in [-0.1, -0.05) is 55.7 Å². The number of rotatable bonds is 5. The van der Waals surface area contributed by atoms with Gasteiger partial charge in [0.05, 0.1) is 19.3 Å². The lowest BCUT2D eigenvalue weighted by atomic mass is 9.94. The van der Waals surface area contributed by atoms with Crippen LogP contribution in [0, 0.1) is 0 Å². The summed E-state index contributed by atoms with van der Waals surface area (Å²) < 4.78 is 4.75. The predicted molar refractivity (Wildman–Crippen MR) is 119 cm³/mol. The number of thiazole rings is 1. The van der Waals surface area contributed by atoms with E-state index in [0.29, 0.717) is 6.54 Å². The van der Waals surface area contributed by atoms with Crippen LogP contribution in [0.15, 0.2) is 47.8 Å². The number of methoxy groups -OCH3 is 1. The molecule has 7 heteroatoms. The summed E-state index contributed by atoms with van der Waals surface area (Å²) in [6.45, 7) is 0.378. The lowest BCUT2D eigenvalue weighted by Crippen LogP contribution is -2.43. The van der Waals surface area contributed by atoms with Crippen LogP contribution >= 0.6 is 11.3 Å². The second kappa shape index (κ2) is 9.26. The summed E-state index contributed by atoms with van der Waals surface area (Å²) in [6, 6.07) is 14.0. The van der Waals surface area contributed by atoms with Gasteiger partial charge in [-0.25, -0.2) is 14.6 Å². The SMILES string of the molecule is COC(=O)c1csc(CN(C(=O)Nc2cccc3ccccc23)C2CCCCC2)n1. The topological polar surface area (TPSA) is 71.5 Å². The van der Waals surface area contributed by atoms with Crippen LogP contribution in [0.1, 0.15) is 47.6 Å². The first-order valence-corrected chi connectivity index (χ1v) is 11.1. The molecule has 0 bridgehead atoms. The Morgan fingerprint density at radius 3 is 2.70 bits per heavy atom. The molecule has 1 N–H and O–H groups in total. The van der Waals surface area contributed by atoms with Crippen LogP contribution in [0.2, 0.25) is 0 Å². The maximum Gasteiger partial charge on any atom is 0.357 e. The molecule has 0 atom stereocenters. The molecule has 1 aromatic heterocycles. The van der Waals surface area contributed by atoms with Gasteiger partial charge in [-0.3, -0.25) is 0 Å². The molecule has 1 aliphatic carbocycles. The van der Waals surface area contributed by atoms with Crippen LogP contribution < -0.4 is 5.32 Å². The zero-order valence-electron chi connectivity index (χ0n) is 17.0. The maximum atomic E-state index is 13.4. The molecule has 1 saturated carbocycles. The van der Waals surface area contributed by atoms with Crippen molar-refractivity contribution >= 4 is 39.8 Å². The van der Waals surface area contributed by atoms with E-state index in [1.54, 1.807) is 5.38 Å². The minimum absolute atomic E-state index is 0.131. The minimum atomic E-state index is -0.457. The highest BCUT2D eigenvalue weighted by Crippen LogP contribution is 2.28. The van der Waals surface area contributed by atoms with Gasteiger partial charge in [-0.15, -0.1) is 11.3 Å². The summed E-state index contributed by atoms with van der Waals surface area (Å²) in [6.07, 6.45) is 5.41. The van der Waals surface area contributed by atoms with Crippen molar-refractivity contribution in [3.05, 3.63) is 58.5 Å². The van der Waals surface area contributed by atoms with Gasteiger partial charge < -0.3 is 15.0 Å². The lowest BCUT2D eigenvalue weighted by molar-refractivity contribution is 0.0594. The first kappa shape index (κ1) is 20.3. The van der Waals surface area contributed by atoms with E-state index in [0.717, 1.165) is 47.2 Å². The molecule has 0 spiro atoms. The fraction of sp³-hybridized carbons (Fsp3) is 0.348. The van der Waals surface area contributed by atoms with E-state index >= 15 is 0 Å². The molecule has 0 radical (unpaired) electrons. The molecular weight excluding hydrogens is 398 g/mol. The third-order valence-corrected chi connectivity index (χ3v) is 6.39. The summed E-state index contributed by atoms with van der Waals surface area (Å²) in [5.41, 5.74) is 1.09. The molecule has 1 aliphatic rings. The highest BCUT2D eigenvalue weighted by molar-refractivity contribution is 7.09. The average Bonchev–Trinajstić information content (AvgIpc) is 3.26. The summed E-state index contributed by atoms with van der Waals surface area (Å²) in [5, 5.41) is 7.63. The van der Waals surface area contributed by atoms with Gasteiger partial charge in [0.25, 0.3) is 0 Å². The largest absolute Gasteiger partial charge is 0.464 e. The lowest BCUT2D eigenvalue weighted by Gasteiger charge is -2.34. The van der Waals surface area contributed by atoms with E-state index < -0.39 is 5.97 Å². The molecule has 156 valence electrons. The second-order valence-electron chi connectivity index (χ2n) is 7.49. The Kier molecular flexibility index (Phi) is 6.28. The van der Waals surface area contributed by atoms with Crippen LogP contribution in [0.25, 0.3) is 10.8 Å². The van der Waals surface area contributed by atoms with Crippen molar-refractivity contribution < 1.29 is 14.3 Å². The summed E-state index contributed by atoms with van der Waals surface area (Å²) in [5.74, 6) is -0.457. The number of carbonyl (C=O) groups is 2. The molecule has 0 aliphatic heterocycles.